The number of aromatic nitrogens is 1. The molecule has 3 heterocycles. The maximum absolute atomic E-state index is 12.9. The molecule has 2 aliphatic heterocycles. The first-order valence-corrected chi connectivity index (χ1v) is 10.3. The lowest BCUT2D eigenvalue weighted by molar-refractivity contribution is -0.142. The van der Waals surface area contributed by atoms with Crippen molar-refractivity contribution in [3.05, 3.63) is 39.8 Å². The van der Waals surface area contributed by atoms with E-state index < -0.39 is 30.6 Å². The van der Waals surface area contributed by atoms with Gasteiger partial charge in [-0.05, 0) is 37.8 Å². The molecule has 1 amide bonds. The fourth-order valence-electron chi connectivity index (χ4n) is 5.03. The van der Waals surface area contributed by atoms with Gasteiger partial charge in [-0.15, -0.1) is 0 Å². The van der Waals surface area contributed by atoms with Gasteiger partial charge in [-0.2, -0.15) is 13.2 Å². The summed E-state index contributed by atoms with van der Waals surface area (Å²) < 4.78 is 39.6. The Morgan fingerprint density at radius 1 is 1.33 bits per heavy atom. The Morgan fingerprint density at radius 3 is 2.67 bits per heavy atom. The van der Waals surface area contributed by atoms with E-state index >= 15 is 0 Å². The number of rotatable bonds is 6. The quantitative estimate of drug-likeness (QED) is 0.731. The third kappa shape index (κ3) is 3.80. The Kier molecular flexibility index (Phi) is 5.52. The first kappa shape index (κ1) is 21.1. The average Bonchev–Trinajstić information content (AvgIpc) is 3.34. The number of alkyl halides is 3. The van der Waals surface area contributed by atoms with E-state index in [1.165, 1.54) is 0 Å². The second-order valence-electron chi connectivity index (χ2n) is 8.50. The van der Waals surface area contributed by atoms with E-state index in [1.807, 2.05) is 23.2 Å². The predicted molar refractivity (Wildman–Crippen MR) is 104 cm³/mol. The van der Waals surface area contributed by atoms with Gasteiger partial charge >= 0.3 is 6.18 Å². The molecule has 2 fully saturated rings. The highest BCUT2D eigenvalue weighted by Crippen LogP contribution is 2.50. The SMILES string of the molecule is C/C=C/c1ccc2n(c1=O)C[C@H]1[C@H](CO)[C@@H](C(=O)NCC(F)(F)F)N(CC3CC3)[C@@H]21. The molecule has 3 aliphatic rings. The smallest absolute Gasteiger partial charge is 0.396 e. The molecule has 1 aromatic heterocycles. The van der Waals surface area contributed by atoms with Crippen molar-refractivity contribution in [2.75, 3.05) is 19.7 Å². The van der Waals surface area contributed by atoms with Crippen LogP contribution in [-0.4, -0.2) is 52.4 Å². The lowest BCUT2D eigenvalue weighted by Crippen LogP contribution is -2.50. The zero-order valence-corrected chi connectivity index (χ0v) is 16.7. The molecule has 30 heavy (non-hydrogen) atoms. The standard InChI is InChI=1S/C21H26F3N3O3/c1-2-3-13-6-7-16-17-14(9-26(16)20(13)30)15(10-28)18(27(17)8-12-4-5-12)19(29)25-11-21(22,23)24/h2-3,6-7,12,14-15,17-18,28H,4-5,8-11H2,1H3,(H,25,29)/b3-2+/t14-,15-,17+,18-/m0/s1. The fraction of sp³-hybridized carbons (Fsp3) is 0.619. The normalized spacial score (nSPS) is 28.7. The summed E-state index contributed by atoms with van der Waals surface area (Å²) in [6, 6.07) is 2.51. The first-order valence-electron chi connectivity index (χ1n) is 10.3. The van der Waals surface area contributed by atoms with Gasteiger partial charge in [-0.1, -0.05) is 12.2 Å². The van der Waals surface area contributed by atoms with E-state index in [4.69, 9.17) is 0 Å². The van der Waals surface area contributed by atoms with Crippen LogP contribution >= 0.6 is 0 Å². The summed E-state index contributed by atoms with van der Waals surface area (Å²) in [5, 5.41) is 12.1. The number of pyridine rings is 1. The molecule has 4 rings (SSSR count). The largest absolute Gasteiger partial charge is 0.405 e. The number of allylic oxidation sites excluding steroid dienone is 1. The van der Waals surface area contributed by atoms with E-state index in [9.17, 15) is 27.9 Å². The number of amides is 1. The lowest BCUT2D eigenvalue weighted by atomic mass is 9.88. The Bertz CT molecular complexity index is 907. The van der Waals surface area contributed by atoms with Crippen molar-refractivity contribution in [3.8, 4) is 0 Å². The zero-order valence-electron chi connectivity index (χ0n) is 16.7. The number of carbonyl (C=O) groups is 1. The van der Waals surface area contributed by atoms with Crippen LogP contribution in [0.4, 0.5) is 13.2 Å². The molecular weight excluding hydrogens is 399 g/mol. The van der Waals surface area contributed by atoms with Crippen LogP contribution in [0.15, 0.2) is 23.0 Å². The molecule has 1 saturated heterocycles. The van der Waals surface area contributed by atoms with Gasteiger partial charge in [-0.3, -0.25) is 14.5 Å². The monoisotopic (exact) mass is 425 g/mol. The molecule has 1 aromatic rings. The number of hydrogen-bond donors (Lipinski definition) is 2. The number of hydrogen-bond acceptors (Lipinski definition) is 4. The van der Waals surface area contributed by atoms with Crippen molar-refractivity contribution in [2.24, 2.45) is 17.8 Å². The van der Waals surface area contributed by atoms with Gasteiger partial charge < -0.3 is 15.0 Å². The number of likely N-dealkylation sites (tertiary alicyclic amines) is 1. The van der Waals surface area contributed by atoms with Gasteiger partial charge in [0.05, 0.1) is 12.1 Å². The average molecular weight is 425 g/mol. The number of carbonyl (C=O) groups excluding carboxylic acids is 1. The van der Waals surface area contributed by atoms with Crippen molar-refractivity contribution in [1.29, 1.82) is 0 Å². The predicted octanol–water partition coefficient (Wildman–Crippen LogP) is 1.93. The first-order chi connectivity index (χ1) is 14.2. The minimum absolute atomic E-state index is 0.124. The fourth-order valence-corrected chi connectivity index (χ4v) is 5.03. The van der Waals surface area contributed by atoms with Crippen molar-refractivity contribution in [3.63, 3.8) is 0 Å². The van der Waals surface area contributed by atoms with E-state index in [1.54, 1.807) is 22.8 Å². The number of fused-ring (bicyclic) bond motifs is 3. The number of aliphatic hydroxyl groups excluding tert-OH is 1. The summed E-state index contributed by atoms with van der Waals surface area (Å²) in [6.45, 7) is 1.04. The van der Waals surface area contributed by atoms with Crippen LogP contribution in [-0.2, 0) is 11.3 Å². The van der Waals surface area contributed by atoms with Crippen LogP contribution in [0.1, 0.15) is 37.1 Å². The van der Waals surface area contributed by atoms with Crippen molar-refractivity contribution < 1.29 is 23.1 Å². The van der Waals surface area contributed by atoms with E-state index in [-0.39, 0.29) is 24.1 Å². The van der Waals surface area contributed by atoms with Crippen LogP contribution in [0.25, 0.3) is 6.08 Å². The highest BCUT2D eigenvalue weighted by molar-refractivity contribution is 5.83. The van der Waals surface area contributed by atoms with Gasteiger partial charge in [-0.25, -0.2) is 0 Å². The molecule has 6 nitrogen and oxygen atoms in total. The van der Waals surface area contributed by atoms with Crippen molar-refractivity contribution in [2.45, 2.75) is 44.6 Å². The molecule has 0 aromatic carbocycles. The van der Waals surface area contributed by atoms with Crippen molar-refractivity contribution >= 4 is 12.0 Å². The maximum atomic E-state index is 12.9. The van der Waals surface area contributed by atoms with Crippen LogP contribution in [0, 0.1) is 17.8 Å². The number of nitrogens with zero attached hydrogens (tertiary/aromatic N) is 2. The highest BCUT2D eigenvalue weighted by atomic mass is 19.4. The second kappa shape index (κ2) is 7.85. The van der Waals surface area contributed by atoms with Crippen LogP contribution in [0.2, 0.25) is 0 Å². The Hall–Kier alpha value is -2.13. The molecule has 4 atom stereocenters. The Morgan fingerprint density at radius 2 is 2.07 bits per heavy atom. The van der Waals surface area contributed by atoms with E-state index in [2.05, 4.69) is 0 Å². The van der Waals surface area contributed by atoms with E-state index in [0.29, 0.717) is 24.6 Å². The van der Waals surface area contributed by atoms with Crippen LogP contribution in [0.5, 0.6) is 0 Å². The number of aliphatic hydroxyl groups is 1. The molecule has 0 radical (unpaired) electrons. The molecule has 0 bridgehead atoms. The minimum atomic E-state index is -4.50. The van der Waals surface area contributed by atoms with Gasteiger partial charge in [0.25, 0.3) is 5.56 Å². The van der Waals surface area contributed by atoms with Crippen molar-refractivity contribution in [1.82, 2.24) is 14.8 Å². The summed E-state index contributed by atoms with van der Waals surface area (Å²) in [5.41, 5.74) is 1.21. The molecular formula is C21H26F3N3O3. The van der Waals surface area contributed by atoms with Gasteiger partial charge in [0.2, 0.25) is 5.91 Å². The third-order valence-electron chi connectivity index (χ3n) is 6.46. The summed E-state index contributed by atoms with van der Waals surface area (Å²) in [5.74, 6) is -1.06. The minimum Gasteiger partial charge on any atom is -0.396 e. The van der Waals surface area contributed by atoms with Crippen LogP contribution in [0.3, 0.4) is 0 Å². The second-order valence-corrected chi connectivity index (χ2v) is 8.50. The topological polar surface area (TPSA) is 74.6 Å². The lowest BCUT2D eigenvalue weighted by Gasteiger charge is -2.31. The molecule has 164 valence electrons. The molecule has 9 heteroatoms. The molecule has 0 spiro atoms. The summed E-state index contributed by atoms with van der Waals surface area (Å²) in [7, 11) is 0. The summed E-state index contributed by atoms with van der Waals surface area (Å²) in [6.07, 6.45) is 1.06. The molecule has 0 unspecified atom stereocenters. The molecule has 2 N–H and O–H groups in total. The number of halogens is 3. The molecule has 1 saturated carbocycles. The summed E-state index contributed by atoms with van der Waals surface area (Å²) >= 11 is 0. The van der Waals surface area contributed by atoms with Crippen LogP contribution < -0.4 is 10.9 Å². The Labute approximate surface area is 172 Å². The van der Waals surface area contributed by atoms with E-state index in [0.717, 1.165) is 18.5 Å². The highest BCUT2D eigenvalue weighted by Gasteiger charge is 2.56. The maximum Gasteiger partial charge on any atom is 0.405 e. The van der Waals surface area contributed by atoms with Gasteiger partial charge in [0, 0.05) is 42.8 Å². The third-order valence-corrected chi connectivity index (χ3v) is 6.46. The molecule has 1 aliphatic carbocycles. The van der Waals surface area contributed by atoms with Gasteiger partial charge in [0.15, 0.2) is 0 Å². The summed E-state index contributed by atoms with van der Waals surface area (Å²) in [4.78, 5) is 27.6. The van der Waals surface area contributed by atoms with Gasteiger partial charge in [0.1, 0.15) is 6.54 Å². The zero-order chi connectivity index (χ0) is 21.6. The Balaban J connectivity index is 1.69. The number of nitrogens with one attached hydrogen (secondary N) is 1.